The van der Waals surface area contributed by atoms with Gasteiger partial charge in [0.05, 0.1) is 6.42 Å². The second-order valence-corrected chi connectivity index (χ2v) is 6.73. The first kappa shape index (κ1) is 12.9. The standard InChI is InChI=1S/C20H18N2O/c1-20-16-8-4-2-6-13(16)12-18(23)22(20)11-10-15-14-7-3-5-9-17(14)21-19(15)20/h2-9,21H,10-12H2,1H3. The number of carbonyl (C=O) groups excluding carboxylic acids is 1. The fourth-order valence-corrected chi connectivity index (χ4v) is 4.52. The van der Waals surface area contributed by atoms with Crippen LogP contribution in [0.15, 0.2) is 48.5 Å². The zero-order valence-corrected chi connectivity index (χ0v) is 13.1. The Kier molecular flexibility index (Phi) is 2.39. The molecule has 0 spiro atoms. The number of carbonyl (C=O) groups is 1. The molecular weight excluding hydrogens is 284 g/mol. The van der Waals surface area contributed by atoms with Crippen LogP contribution in [0.25, 0.3) is 10.9 Å². The summed E-state index contributed by atoms with van der Waals surface area (Å²) >= 11 is 0. The van der Waals surface area contributed by atoms with Crippen molar-refractivity contribution in [3.8, 4) is 0 Å². The monoisotopic (exact) mass is 302 g/mol. The Labute approximate surface area is 134 Å². The highest BCUT2D eigenvalue weighted by molar-refractivity contribution is 5.89. The minimum atomic E-state index is -0.390. The molecule has 1 amide bonds. The van der Waals surface area contributed by atoms with E-state index in [1.54, 1.807) is 0 Å². The van der Waals surface area contributed by atoms with Gasteiger partial charge < -0.3 is 9.88 Å². The molecule has 3 heteroatoms. The first-order chi connectivity index (χ1) is 11.2. The number of aromatic amines is 1. The van der Waals surface area contributed by atoms with Crippen molar-refractivity contribution in [2.24, 2.45) is 0 Å². The van der Waals surface area contributed by atoms with Crippen LogP contribution in [0.2, 0.25) is 0 Å². The molecule has 2 aromatic carbocycles. The lowest BCUT2D eigenvalue weighted by Crippen LogP contribution is -2.55. The lowest BCUT2D eigenvalue weighted by atomic mass is 9.75. The molecular formula is C20H18N2O. The van der Waals surface area contributed by atoms with E-state index in [1.807, 2.05) is 6.07 Å². The van der Waals surface area contributed by atoms with Crippen molar-refractivity contribution in [3.63, 3.8) is 0 Å². The number of para-hydroxylation sites is 1. The van der Waals surface area contributed by atoms with Gasteiger partial charge in [-0.05, 0) is 36.1 Å². The summed E-state index contributed by atoms with van der Waals surface area (Å²) < 4.78 is 0. The third kappa shape index (κ3) is 1.52. The van der Waals surface area contributed by atoms with Crippen molar-refractivity contribution in [2.75, 3.05) is 6.54 Å². The van der Waals surface area contributed by atoms with Gasteiger partial charge in [0, 0.05) is 23.1 Å². The molecule has 3 heterocycles. The van der Waals surface area contributed by atoms with Crippen LogP contribution in [0.1, 0.15) is 29.3 Å². The van der Waals surface area contributed by atoms with E-state index < -0.39 is 5.54 Å². The third-order valence-electron chi connectivity index (χ3n) is 5.61. The molecule has 1 unspecified atom stereocenters. The Bertz CT molecular complexity index is 955. The van der Waals surface area contributed by atoms with Crippen molar-refractivity contribution in [1.29, 1.82) is 0 Å². The van der Waals surface area contributed by atoms with Gasteiger partial charge in [0.25, 0.3) is 0 Å². The fourth-order valence-electron chi connectivity index (χ4n) is 4.52. The highest BCUT2D eigenvalue weighted by atomic mass is 16.2. The number of rotatable bonds is 0. The summed E-state index contributed by atoms with van der Waals surface area (Å²) in [6.07, 6.45) is 1.43. The van der Waals surface area contributed by atoms with Crippen LogP contribution in [0.5, 0.6) is 0 Å². The minimum Gasteiger partial charge on any atom is -0.356 e. The van der Waals surface area contributed by atoms with E-state index in [0.717, 1.165) is 24.0 Å². The van der Waals surface area contributed by atoms with Gasteiger partial charge in [-0.2, -0.15) is 0 Å². The van der Waals surface area contributed by atoms with E-state index in [9.17, 15) is 4.79 Å². The van der Waals surface area contributed by atoms with Crippen LogP contribution < -0.4 is 0 Å². The Morgan fingerprint density at radius 1 is 1.09 bits per heavy atom. The predicted octanol–water partition coefficient (Wildman–Crippen LogP) is 3.37. The Morgan fingerprint density at radius 3 is 2.78 bits per heavy atom. The molecule has 1 aromatic heterocycles. The average molecular weight is 302 g/mol. The van der Waals surface area contributed by atoms with Crippen LogP contribution in [0.3, 0.4) is 0 Å². The highest BCUT2D eigenvalue weighted by Crippen LogP contribution is 2.46. The summed E-state index contributed by atoms with van der Waals surface area (Å²) in [5.41, 5.74) is 5.73. The average Bonchev–Trinajstić information content (AvgIpc) is 2.95. The van der Waals surface area contributed by atoms with Gasteiger partial charge in [0.2, 0.25) is 5.91 Å². The molecule has 23 heavy (non-hydrogen) atoms. The minimum absolute atomic E-state index is 0.232. The Hall–Kier alpha value is -2.55. The zero-order chi connectivity index (χ0) is 15.6. The third-order valence-corrected chi connectivity index (χ3v) is 5.61. The molecule has 0 bridgehead atoms. The first-order valence-corrected chi connectivity index (χ1v) is 8.18. The largest absolute Gasteiger partial charge is 0.356 e. The van der Waals surface area contributed by atoms with E-state index in [-0.39, 0.29) is 5.91 Å². The zero-order valence-electron chi connectivity index (χ0n) is 13.1. The quantitative estimate of drug-likeness (QED) is 0.679. The number of aromatic nitrogens is 1. The summed E-state index contributed by atoms with van der Waals surface area (Å²) in [7, 11) is 0. The maximum absolute atomic E-state index is 12.7. The van der Waals surface area contributed by atoms with Crippen molar-refractivity contribution >= 4 is 16.8 Å². The molecule has 1 N–H and O–H groups in total. The van der Waals surface area contributed by atoms with E-state index in [4.69, 9.17) is 0 Å². The summed E-state index contributed by atoms with van der Waals surface area (Å²) in [6, 6.07) is 16.8. The second kappa shape index (κ2) is 4.25. The van der Waals surface area contributed by atoms with E-state index >= 15 is 0 Å². The molecule has 0 saturated carbocycles. The maximum atomic E-state index is 12.7. The number of nitrogens with zero attached hydrogens (tertiary/aromatic N) is 1. The number of hydrogen-bond donors (Lipinski definition) is 1. The van der Waals surface area contributed by atoms with Gasteiger partial charge in [-0.25, -0.2) is 0 Å². The van der Waals surface area contributed by atoms with Gasteiger partial charge >= 0.3 is 0 Å². The van der Waals surface area contributed by atoms with Gasteiger partial charge in [0.1, 0.15) is 5.54 Å². The summed E-state index contributed by atoms with van der Waals surface area (Å²) in [4.78, 5) is 18.4. The summed E-state index contributed by atoms with van der Waals surface area (Å²) in [5.74, 6) is 0.232. The molecule has 2 aliphatic heterocycles. The molecule has 1 atom stereocenters. The van der Waals surface area contributed by atoms with E-state index in [2.05, 4.69) is 59.3 Å². The van der Waals surface area contributed by atoms with Crippen LogP contribution in [0.4, 0.5) is 0 Å². The van der Waals surface area contributed by atoms with Gasteiger partial charge in [-0.15, -0.1) is 0 Å². The molecule has 2 aliphatic rings. The van der Waals surface area contributed by atoms with Crippen LogP contribution in [-0.2, 0) is 23.2 Å². The number of fused-ring (bicyclic) bond motifs is 7. The molecule has 0 aliphatic carbocycles. The summed E-state index contributed by atoms with van der Waals surface area (Å²) in [5, 5.41) is 1.29. The number of benzene rings is 2. The topological polar surface area (TPSA) is 36.1 Å². The van der Waals surface area contributed by atoms with Gasteiger partial charge in [0.15, 0.2) is 0 Å². The normalized spacial score (nSPS) is 22.7. The fraction of sp³-hybridized carbons (Fsp3) is 0.250. The predicted molar refractivity (Wildman–Crippen MR) is 90.3 cm³/mol. The van der Waals surface area contributed by atoms with Gasteiger partial charge in [-0.3, -0.25) is 4.79 Å². The van der Waals surface area contributed by atoms with Gasteiger partial charge in [-0.1, -0.05) is 42.5 Å². The second-order valence-electron chi connectivity index (χ2n) is 6.73. The van der Waals surface area contributed by atoms with E-state index in [1.165, 1.54) is 22.2 Å². The number of H-pyrrole nitrogens is 1. The van der Waals surface area contributed by atoms with Crippen molar-refractivity contribution in [3.05, 3.63) is 70.9 Å². The Balaban J connectivity index is 1.87. The van der Waals surface area contributed by atoms with Crippen molar-refractivity contribution in [2.45, 2.75) is 25.3 Å². The number of nitrogens with one attached hydrogen (secondary N) is 1. The smallest absolute Gasteiger partial charge is 0.228 e. The first-order valence-electron chi connectivity index (χ1n) is 8.18. The molecule has 0 fully saturated rings. The van der Waals surface area contributed by atoms with Crippen LogP contribution >= 0.6 is 0 Å². The highest BCUT2D eigenvalue weighted by Gasteiger charge is 2.48. The summed E-state index contributed by atoms with van der Waals surface area (Å²) in [6.45, 7) is 2.98. The molecule has 5 rings (SSSR count). The molecule has 114 valence electrons. The van der Waals surface area contributed by atoms with Crippen LogP contribution in [0, 0.1) is 0 Å². The lowest BCUT2D eigenvalue weighted by molar-refractivity contribution is -0.137. The number of amides is 1. The van der Waals surface area contributed by atoms with Crippen molar-refractivity contribution < 1.29 is 4.79 Å². The maximum Gasteiger partial charge on any atom is 0.228 e. The molecule has 0 saturated heterocycles. The number of hydrogen-bond acceptors (Lipinski definition) is 1. The molecule has 0 radical (unpaired) electrons. The van der Waals surface area contributed by atoms with E-state index in [0.29, 0.717) is 6.42 Å². The molecule has 3 nitrogen and oxygen atoms in total. The lowest BCUT2D eigenvalue weighted by Gasteiger charge is -2.48. The molecule has 3 aromatic rings. The van der Waals surface area contributed by atoms with Crippen LogP contribution in [-0.4, -0.2) is 22.3 Å². The Morgan fingerprint density at radius 2 is 1.87 bits per heavy atom. The van der Waals surface area contributed by atoms with Crippen molar-refractivity contribution in [1.82, 2.24) is 9.88 Å². The SMILES string of the molecule is CC12c3ccccc3CC(=O)N1CCc1c2[nH]c2ccccc12.